The Morgan fingerprint density at radius 3 is 2.74 bits per heavy atom. The summed E-state index contributed by atoms with van der Waals surface area (Å²) < 4.78 is 26.4. The van der Waals surface area contributed by atoms with Gasteiger partial charge in [-0.3, -0.25) is 8.51 Å². The average molecular weight is 625 g/mol. The number of fused-ring (bicyclic) bond motifs is 1. The molecule has 0 radical (unpaired) electrons. The second kappa shape index (κ2) is 9.91. The summed E-state index contributed by atoms with van der Waals surface area (Å²) in [6.07, 6.45) is 2.77. The van der Waals surface area contributed by atoms with Crippen LogP contribution in [0.5, 0.6) is 0 Å². The summed E-state index contributed by atoms with van der Waals surface area (Å²) in [7, 11) is 0. The summed E-state index contributed by atoms with van der Waals surface area (Å²) in [5, 5.41) is 4.71. The van der Waals surface area contributed by atoms with Crippen molar-refractivity contribution in [2.45, 2.75) is 26.8 Å². The summed E-state index contributed by atoms with van der Waals surface area (Å²) in [6, 6.07) is 11.4. The van der Waals surface area contributed by atoms with Crippen molar-refractivity contribution in [2.75, 3.05) is 28.2 Å². The van der Waals surface area contributed by atoms with E-state index < -0.39 is 5.82 Å². The van der Waals surface area contributed by atoms with Gasteiger partial charge >= 0.3 is 0 Å². The third-order valence-corrected chi connectivity index (χ3v) is 7.17. The molecule has 6 rings (SSSR count). The van der Waals surface area contributed by atoms with Crippen LogP contribution < -0.4 is 8.43 Å². The van der Waals surface area contributed by atoms with Crippen LogP contribution in [0.4, 0.5) is 16.2 Å². The van der Waals surface area contributed by atoms with Gasteiger partial charge in [0.2, 0.25) is 11.9 Å². The van der Waals surface area contributed by atoms with Crippen LogP contribution in [0.3, 0.4) is 0 Å². The van der Waals surface area contributed by atoms with Crippen LogP contribution in [0.1, 0.15) is 18.3 Å². The molecule has 38 heavy (non-hydrogen) atoms. The molecule has 1 aliphatic heterocycles. The highest BCUT2D eigenvalue weighted by Gasteiger charge is 2.25. The number of anilines is 2. The number of benzene rings is 1. The van der Waals surface area contributed by atoms with Crippen LogP contribution in [0, 0.1) is 19.7 Å². The maximum atomic E-state index is 14.0. The van der Waals surface area contributed by atoms with Crippen molar-refractivity contribution in [2.24, 2.45) is 0 Å². The second-order valence-corrected chi connectivity index (χ2v) is 9.74. The quantitative estimate of drug-likeness (QED) is 0.220. The van der Waals surface area contributed by atoms with E-state index in [2.05, 4.69) is 43.2 Å². The van der Waals surface area contributed by atoms with Gasteiger partial charge in [-0.2, -0.15) is 10.1 Å². The first kappa shape index (κ1) is 24.7. The number of para-hydroxylation sites is 2. The number of hydrogen-bond acceptors (Lipinski definition) is 8. The highest BCUT2D eigenvalue weighted by Crippen LogP contribution is 2.33. The maximum Gasteiger partial charge on any atom is 0.239 e. The third-order valence-electron chi connectivity index (χ3n) is 6.69. The van der Waals surface area contributed by atoms with Crippen LogP contribution in [-0.4, -0.2) is 60.1 Å². The zero-order valence-electron chi connectivity index (χ0n) is 21.1. The minimum Gasteiger partial charge on any atom is -0.377 e. The van der Waals surface area contributed by atoms with E-state index in [0.29, 0.717) is 43.0 Å². The largest absolute Gasteiger partial charge is 0.377 e. The molecule has 1 aliphatic rings. The lowest BCUT2D eigenvalue weighted by Crippen LogP contribution is -2.44. The molecule has 0 spiro atoms. The minimum atomic E-state index is -0.421. The summed E-state index contributed by atoms with van der Waals surface area (Å²) in [4.78, 5) is 21.0. The van der Waals surface area contributed by atoms with E-state index in [0.717, 1.165) is 33.8 Å². The molecule has 5 aromatic rings. The highest BCUT2D eigenvalue weighted by atomic mass is 127. The Morgan fingerprint density at radius 1 is 1.11 bits per heavy atom. The Bertz CT molecular complexity index is 1650. The van der Waals surface area contributed by atoms with E-state index in [1.807, 2.05) is 48.7 Å². The Balaban J connectivity index is 1.58. The van der Waals surface area contributed by atoms with Gasteiger partial charge in [0, 0.05) is 24.2 Å². The van der Waals surface area contributed by atoms with Gasteiger partial charge in [-0.05, 0) is 32.9 Å². The fraction of sp³-hybridized carbons (Fsp3) is 0.269. The predicted octanol–water partition coefficient (Wildman–Crippen LogP) is 4.81. The van der Waals surface area contributed by atoms with Gasteiger partial charge in [0.05, 0.1) is 88.3 Å². The summed E-state index contributed by atoms with van der Waals surface area (Å²) >= 11 is 2.07. The fourth-order valence-electron chi connectivity index (χ4n) is 4.94. The first-order valence-corrected chi connectivity index (χ1v) is 13.3. The first-order chi connectivity index (χ1) is 18.4. The molecule has 1 fully saturated rings. The number of imidazole rings is 1. The zero-order chi connectivity index (χ0) is 26.4. The zero-order valence-corrected chi connectivity index (χ0v) is 23.2. The number of halogens is 2. The minimum absolute atomic E-state index is 0.143. The van der Waals surface area contributed by atoms with E-state index in [-0.39, 0.29) is 6.04 Å². The van der Waals surface area contributed by atoms with E-state index in [1.54, 1.807) is 10.9 Å². The van der Waals surface area contributed by atoms with E-state index in [4.69, 9.17) is 24.8 Å². The van der Waals surface area contributed by atoms with Gasteiger partial charge in [0.1, 0.15) is 11.6 Å². The van der Waals surface area contributed by atoms with Gasteiger partial charge in [0.15, 0.2) is 0 Å². The van der Waals surface area contributed by atoms with Crippen molar-refractivity contribution >= 4 is 45.7 Å². The maximum absolute atomic E-state index is 14.0. The van der Waals surface area contributed by atoms with Gasteiger partial charge in [-0.1, -0.05) is 12.1 Å². The Hall–Kier alpha value is -3.65. The summed E-state index contributed by atoms with van der Waals surface area (Å²) in [5.74, 6) is 1.48. The number of pyridine rings is 1. The standard InChI is InChI=1S/C26H25FIN9O/c1-15-14-38-9-8-35(15)23-11-21(24-16(2)34-37(17(24)3)19-10-18(27)12-29-13-19)31-25(32-23)36-22-7-5-4-6-20(22)30-26(36)33-28/h4-7,10-13,15H,8-9,14H2,1-3H3,(H,30,33)/t15-/m1/s1. The Labute approximate surface area is 232 Å². The molecule has 194 valence electrons. The molecular formula is C26H25FIN9O. The normalized spacial score (nSPS) is 15.8. The number of hydrogen-bond donors (Lipinski definition) is 1. The van der Waals surface area contributed by atoms with Crippen molar-refractivity contribution in [3.8, 4) is 22.9 Å². The Kier molecular flexibility index (Phi) is 6.43. The Morgan fingerprint density at radius 2 is 1.95 bits per heavy atom. The molecule has 0 bridgehead atoms. The van der Waals surface area contributed by atoms with Crippen LogP contribution in [0.2, 0.25) is 0 Å². The lowest BCUT2D eigenvalue weighted by Gasteiger charge is -2.34. The van der Waals surface area contributed by atoms with Crippen molar-refractivity contribution in [1.29, 1.82) is 0 Å². The van der Waals surface area contributed by atoms with Gasteiger partial charge < -0.3 is 9.64 Å². The number of nitrogens with one attached hydrogen (secondary N) is 1. The van der Waals surface area contributed by atoms with Gasteiger partial charge in [-0.25, -0.2) is 23.6 Å². The van der Waals surface area contributed by atoms with E-state index in [1.165, 1.54) is 12.3 Å². The molecule has 1 N–H and O–H groups in total. The molecule has 10 nitrogen and oxygen atoms in total. The molecule has 1 saturated heterocycles. The number of nitrogens with zero attached hydrogens (tertiary/aromatic N) is 8. The molecular weight excluding hydrogens is 600 g/mol. The number of morpholine rings is 1. The number of aryl methyl sites for hydroxylation is 1. The molecule has 1 aromatic carbocycles. The topological polar surface area (TPSA) is 98.8 Å². The van der Waals surface area contributed by atoms with Crippen LogP contribution in [0.25, 0.3) is 33.9 Å². The molecule has 5 heterocycles. The number of aromatic nitrogens is 7. The SMILES string of the molecule is Cc1nn(-c2cncc(F)c2)c(C)c1-c1cc(N2CCOC[C@H]2C)nc(-n2c(NI)nc3ccccc32)n1. The molecule has 0 saturated carbocycles. The third kappa shape index (κ3) is 4.26. The average Bonchev–Trinajstić information content (AvgIpc) is 3.45. The van der Waals surface area contributed by atoms with Crippen molar-refractivity contribution in [3.05, 3.63) is 66.0 Å². The van der Waals surface area contributed by atoms with Crippen LogP contribution >= 0.6 is 22.9 Å². The molecule has 0 unspecified atom stereocenters. The lowest BCUT2D eigenvalue weighted by atomic mass is 10.1. The lowest BCUT2D eigenvalue weighted by molar-refractivity contribution is 0.0985. The highest BCUT2D eigenvalue weighted by molar-refractivity contribution is 14.1. The van der Waals surface area contributed by atoms with E-state index >= 15 is 0 Å². The van der Waals surface area contributed by atoms with Crippen molar-refractivity contribution in [1.82, 2.24) is 34.3 Å². The van der Waals surface area contributed by atoms with Crippen LogP contribution in [-0.2, 0) is 4.74 Å². The number of rotatable bonds is 5. The molecule has 4 aromatic heterocycles. The van der Waals surface area contributed by atoms with E-state index in [9.17, 15) is 4.39 Å². The van der Waals surface area contributed by atoms with Crippen molar-refractivity contribution < 1.29 is 9.13 Å². The summed E-state index contributed by atoms with van der Waals surface area (Å²) in [5.41, 5.74) is 5.43. The first-order valence-electron chi connectivity index (χ1n) is 12.2. The predicted molar refractivity (Wildman–Crippen MR) is 152 cm³/mol. The van der Waals surface area contributed by atoms with Gasteiger partial charge in [-0.15, -0.1) is 0 Å². The fourth-order valence-corrected chi connectivity index (χ4v) is 5.30. The molecule has 0 aliphatic carbocycles. The monoisotopic (exact) mass is 625 g/mol. The molecule has 0 amide bonds. The molecule has 12 heteroatoms. The van der Waals surface area contributed by atoms with Crippen LogP contribution in [0.15, 0.2) is 48.8 Å². The molecule has 1 atom stereocenters. The smallest absolute Gasteiger partial charge is 0.239 e. The van der Waals surface area contributed by atoms with Crippen molar-refractivity contribution in [3.63, 3.8) is 0 Å². The second-order valence-electron chi connectivity index (χ2n) is 9.20. The number of ether oxygens (including phenoxy) is 1. The summed E-state index contributed by atoms with van der Waals surface area (Å²) in [6.45, 7) is 7.95. The van der Waals surface area contributed by atoms with Gasteiger partial charge in [0.25, 0.3) is 0 Å².